The molecule has 116 valence electrons. The molecule has 1 aliphatic heterocycles. The lowest BCUT2D eigenvalue weighted by Gasteiger charge is -2.19. The van der Waals surface area contributed by atoms with Crippen molar-refractivity contribution in [1.82, 2.24) is 19.9 Å². The second-order valence-corrected chi connectivity index (χ2v) is 6.61. The molecule has 1 saturated heterocycles. The zero-order valence-corrected chi connectivity index (χ0v) is 14.5. The predicted molar refractivity (Wildman–Crippen MR) is 89.4 cm³/mol. The van der Waals surface area contributed by atoms with E-state index in [2.05, 4.69) is 40.8 Å². The van der Waals surface area contributed by atoms with E-state index in [4.69, 9.17) is 4.74 Å². The molecule has 8 heteroatoms. The van der Waals surface area contributed by atoms with E-state index in [0.29, 0.717) is 18.4 Å². The van der Waals surface area contributed by atoms with Crippen molar-refractivity contribution in [1.29, 1.82) is 0 Å². The van der Waals surface area contributed by atoms with E-state index >= 15 is 0 Å². The molecular weight excluding hydrogens is 366 g/mol. The number of nitrogens with zero attached hydrogens (tertiary/aromatic N) is 5. The summed E-state index contributed by atoms with van der Waals surface area (Å²) in [6.07, 6.45) is 9.79. The number of thioether (sulfide) groups is 1. The van der Waals surface area contributed by atoms with Crippen LogP contribution in [0.3, 0.4) is 0 Å². The van der Waals surface area contributed by atoms with E-state index in [0.717, 1.165) is 35.0 Å². The van der Waals surface area contributed by atoms with Crippen molar-refractivity contribution in [2.45, 2.75) is 11.6 Å². The summed E-state index contributed by atoms with van der Waals surface area (Å²) < 4.78 is 6.63. The largest absolute Gasteiger partial charge is 0.476 e. The number of halogens is 1. The summed E-state index contributed by atoms with van der Waals surface area (Å²) in [6.45, 7) is 2.54. The molecule has 0 bridgehead atoms. The van der Waals surface area contributed by atoms with Crippen LogP contribution in [-0.2, 0) is 0 Å². The lowest BCUT2D eigenvalue weighted by molar-refractivity contribution is 0.251. The first kappa shape index (κ1) is 15.5. The Hall–Kier alpha value is -1.41. The highest BCUT2D eigenvalue weighted by Crippen LogP contribution is 2.30. The Morgan fingerprint density at radius 2 is 2.27 bits per heavy atom. The van der Waals surface area contributed by atoms with Crippen LogP contribution in [-0.4, -0.2) is 45.9 Å². The van der Waals surface area contributed by atoms with Crippen molar-refractivity contribution in [2.75, 3.05) is 30.9 Å². The van der Waals surface area contributed by atoms with Crippen LogP contribution in [0.4, 0.5) is 5.82 Å². The second kappa shape index (κ2) is 7.23. The molecule has 1 aliphatic rings. The highest BCUT2D eigenvalue weighted by molar-refractivity contribution is 9.10. The molecule has 0 radical (unpaired) electrons. The molecule has 0 saturated carbocycles. The minimum Gasteiger partial charge on any atom is -0.476 e. The van der Waals surface area contributed by atoms with Crippen LogP contribution in [0.2, 0.25) is 0 Å². The molecule has 0 N–H and O–H groups in total. The molecule has 22 heavy (non-hydrogen) atoms. The molecule has 0 aliphatic carbocycles. The van der Waals surface area contributed by atoms with E-state index in [1.54, 1.807) is 30.4 Å². The van der Waals surface area contributed by atoms with Gasteiger partial charge in [-0.05, 0) is 28.6 Å². The predicted octanol–water partition coefficient (Wildman–Crippen LogP) is 2.66. The minimum absolute atomic E-state index is 0.460. The number of ether oxygens (including phenoxy) is 1. The number of rotatable bonds is 5. The summed E-state index contributed by atoms with van der Waals surface area (Å²) in [5.74, 6) is 2.00. The average molecular weight is 382 g/mol. The van der Waals surface area contributed by atoms with Gasteiger partial charge in [-0.3, -0.25) is 4.98 Å². The molecule has 0 amide bonds. The zero-order chi connectivity index (χ0) is 15.4. The van der Waals surface area contributed by atoms with E-state index < -0.39 is 0 Å². The Morgan fingerprint density at radius 1 is 1.36 bits per heavy atom. The van der Waals surface area contributed by atoms with Crippen molar-refractivity contribution >= 4 is 33.5 Å². The van der Waals surface area contributed by atoms with Crippen LogP contribution in [0.5, 0.6) is 5.88 Å². The van der Waals surface area contributed by atoms with Crippen LogP contribution < -0.4 is 9.64 Å². The summed E-state index contributed by atoms with van der Waals surface area (Å²) in [4.78, 5) is 19.3. The molecule has 2 aromatic heterocycles. The van der Waals surface area contributed by atoms with Crippen molar-refractivity contribution < 1.29 is 4.74 Å². The lowest BCUT2D eigenvalue weighted by Crippen LogP contribution is -2.23. The first-order chi connectivity index (χ1) is 10.8. The molecule has 1 fully saturated rings. The monoisotopic (exact) mass is 381 g/mol. The van der Waals surface area contributed by atoms with Gasteiger partial charge in [-0.1, -0.05) is 11.8 Å². The summed E-state index contributed by atoms with van der Waals surface area (Å²) >= 11 is 5.09. The average Bonchev–Trinajstić information content (AvgIpc) is 3.03. The molecule has 6 nitrogen and oxygen atoms in total. The zero-order valence-electron chi connectivity index (χ0n) is 12.1. The maximum atomic E-state index is 5.70. The fourth-order valence-corrected chi connectivity index (χ4v) is 3.16. The number of aromatic nitrogens is 4. The third-order valence-electron chi connectivity index (χ3n) is 3.48. The first-order valence-electron chi connectivity index (χ1n) is 6.96. The molecule has 1 atom stereocenters. The Labute approximate surface area is 141 Å². The van der Waals surface area contributed by atoms with Crippen molar-refractivity contribution in [3.63, 3.8) is 0 Å². The Bertz CT molecular complexity index is 630. The standard InChI is InChI=1S/C14H16BrN5OS/c1-22-14-18-6-11(15)13(19-14)20-5-2-10(8-20)9-21-12-7-16-3-4-17-12/h3-4,6-7,10H,2,5,8-9H2,1H3. The van der Waals surface area contributed by atoms with Gasteiger partial charge in [-0.15, -0.1) is 0 Å². The van der Waals surface area contributed by atoms with E-state index in [1.165, 1.54) is 0 Å². The molecule has 3 rings (SSSR count). The van der Waals surface area contributed by atoms with Crippen molar-refractivity contribution in [3.8, 4) is 5.88 Å². The second-order valence-electron chi connectivity index (χ2n) is 4.98. The Kier molecular flexibility index (Phi) is 5.09. The van der Waals surface area contributed by atoms with Gasteiger partial charge in [-0.25, -0.2) is 15.0 Å². The summed E-state index contributed by atoms with van der Waals surface area (Å²) in [5.41, 5.74) is 0. The van der Waals surface area contributed by atoms with Gasteiger partial charge in [0.15, 0.2) is 5.16 Å². The van der Waals surface area contributed by atoms with Crippen LogP contribution in [0.1, 0.15) is 6.42 Å². The maximum absolute atomic E-state index is 5.70. The van der Waals surface area contributed by atoms with Crippen LogP contribution in [0.15, 0.2) is 34.4 Å². The van der Waals surface area contributed by atoms with E-state index in [-0.39, 0.29) is 0 Å². The van der Waals surface area contributed by atoms with Gasteiger partial charge in [0, 0.05) is 37.6 Å². The van der Waals surface area contributed by atoms with E-state index in [1.807, 2.05) is 12.5 Å². The third kappa shape index (κ3) is 3.67. The van der Waals surface area contributed by atoms with E-state index in [9.17, 15) is 0 Å². The topological polar surface area (TPSA) is 64.0 Å². The van der Waals surface area contributed by atoms with Crippen LogP contribution in [0, 0.1) is 5.92 Å². The number of anilines is 1. The van der Waals surface area contributed by atoms with Crippen molar-refractivity contribution in [2.24, 2.45) is 5.92 Å². The fraction of sp³-hybridized carbons (Fsp3) is 0.429. The highest BCUT2D eigenvalue weighted by Gasteiger charge is 2.26. The summed E-state index contributed by atoms with van der Waals surface area (Å²) in [7, 11) is 0. The minimum atomic E-state index is 0.460. The van der Waals surface area contributed by atoms with Gasteiger partial charge in [0.25, 0.3) is 0 Å². The Balaban J connectivity index is 1.60. The summed E-state index contributed by atoms with van der Waals surface area (Å²) in [6, 6.07) is 0. The maximum Gasteiger partial charge on any atom is 0.232 e. The van der Waals surface area contributed by atoms with Gasteiger partial charge in [-0.2, -0.15) is 0 Å². The quantitative estimate of drug-likeness (QED) is 0.582. The fourth-order valence-electron chi connectivity index (χ4n) is 2.39. The third-order valence-corrected chi connectivity index (χ3v) is 4.60. The van der Waals surface area contributed by atoms with Gasteiger partial charge >= 0.3 is 0 Å². The van der Waals surface area contributed by atoms with Crippen LogP contribution >= 0.6 is 27.7 Å². The number of hydrogen-bond donors (Lipinski definition) is 0. The SMILES string of the molecule is CSc1ncc(Br)c(N2CCC(COc3cnccn3)C2)n1. The van der Waals surface area contributed by atoms with Gasteiger partial charge in [0.2, 0.25) is 5.88 Å². The van der Waals surface area contributed by atoms with Crippen molar-refractivity contribution in [3.05, 3.63) is 29.3 Å². The normalized spacial score (nSPS) is 17.7. The smallest absolute Gasteiger partial charge is 0.232 e. The van der Waals surface area contributed by atoms with Gasteiger partial charge in [0.05, 0.1) is 17.3 Å². The van der Waals surface area contributed by atoms with Gasteiger partial charge in [0.1, 0.15) is 5.82 Å². The highest BCUT2D eigenvalue weighted by atomic mass is 79.9. The molecule has 0 spiro atoms. The van der Waals surface area contributed by atoms with Crippen LogP contribution in [0.25, 0.3) is 0 Å². The molecule has 3 heterocycles. The van der Waals surface area contributed by atoms with Gasteiger partial charge < -0.3 is 9.64 Å². The molecular formula is C14H16BrN5OS. The molecule has 1 unspecified atom stereocenters. The lowest BCUT2D eigenvalue weighted by atomic mass is 10.1. The first-order valence-corrected chi connectivity index (χ1v) is 8.98. The molecule has 2 aromatic rings. The number of hydrogen-bond acceptors (Lipinski definition) is 7. The Morgan fingerprint density at radius 3 is 3.05 bits per heavy atom. The molecule has 0 aromatic carbocycles. The summed E-state index contributed by atoms with van der Waals surface area (Å²) in [5, 5.41) is 0.789.